The van der Waals surface area contributed by atoms with Crippen molar-refractivity contribution >= 4 is 23.2 Å². The topological polar surface area (TPSA) is 52.7 Å². The maximum atomic E-state index is 12.7. The first-order valence-corrected chi connectivity index (χ1v) is 9.59. The van der Waals surface area contributed by atoms with Crippen molar-refractivity contribution in [3.63, 3.8) is 0 Å². The first-order chi connectivity index (χ1) is 12.2. The fraction of sp³-hybridized carbons (Fsp3) is 0.619. The van der Waals surface area contributed by atoms with Gasteiger partial charge in [-0.15, -0.1) is 0 Å². The predicted octanol–water partition coefficient (Wildman–Crippen LogP) is 3.74. The lowest BCUT2D eigenvalue weighted by Gasteiger charge is -2.28. The number of anilines is 2. The van der Waals surface area contributed by atoms with E-state index >= 15 is 0 Å². The van der Waals surface area contributed by atoms with Crippen molar-refractivity contribution in [2.75, 3.05) is 30.9 Å². The summed E-state index contributed by atoms with van der Waals surface area (Å²) in [6.07, 6.45) is 2.02. The van der Waals surface area contributed by atoms with Crippen LogP contribution in [0.4, 0.5) is 11.4 Å². The summed E-state index contributed by atoms with van der Waals surface area (Å²) >= 11 is 0. The molecule has 0 spiro atoms. The van der Waals surface area contributed by atoms with Crippen LogP contribution in [0.1, 0.15) is 46.1 Å². The van der Waals surface area contributed by atoms with Crippen molar-refractivity contribution in [2.45, 2.75) is 47.1 Å². The predicted molar refractivity (Wildman–Crippen MR) is 107 cm³/mol. The summed E-state index contributed by atoms with van der Waals surface area (Å²) in [5.74, 6) is 0.826. The summed E-state index contributed by atoms with van der Waals surface area (Å²) in [6, 6.07) is 5.94. The first-order valence-electron chi connectivity index (χ1n) is 9.59. The van der Waals surface area contributed by atoms with Gasteiger partial charge in [0.2, 0.25) is 11.8 Å². The lowest BCUT2D eigenvalue weighted by Crippen LogP contribution is -2.35. The van der Waals surface area contributed by atoms with E-state index in [2.05, 4.69) is 24.1 Å². The normalized spacial score (nSPS) is 13.8. The highest BCUT2D eigenvalue weighted by molar-refractivity contribution is 5.92. The Kier molecular flexibility index (Phi) is 6.68. The zero-order valence-electron chi connectivity index (χ0n) is 17.0. The van der Waals surface area contributed by atoms with Gasteiger partial charge in [0.15, 0.2) is 0 Å². The Balaban J connectivity index is 2.27. The molecule has 5 heteroatoms. The number of carbonyl (C=O) groups is 2. The van der Waals surface area contributed by atoms with Gasteiger partial charge in [-0.3, -0.25) is 9.59 Å². The van der Waals surface area contributed by atoms with Crippen LogP contribution in [0.5, 0.6) is 0 Å². The van der Waals surface area contributed by atoms with Crippen molar-refractivity contribution in [3.05, 3.63) is 23.8 Å². The zero-order chi connectivity index (χ0) is 19.4. The Morgan fingerprint density at radius 1 is 1.15 bits per heavy atom. The van der Waals surface area contributed by atoms with Crippen molar-refractivity contribution in [2.24, 2.45) is 17.8 Å². The summed E-state index contributed by atoms with van der Waals surface area (Å²) in [6.45, 7) is 9.36. The molecule has 1 aliphatic rings. The molecule has 1 N–H and O–H groups in total. The van der Waals surface area contributed by atoms with Gasteiger partial charge in [0.05, 0.1) is 0 Å². The lowest BCUT2D eigenvalue weighted by molar-refractivity contribution is -0.133. The third kappa shape index (κ3) is 5.48. The maximum Gasteiger partial charge on any atom is 0.226 e. The van der Waals surface area contributed by atoms with E-state index in [9.17, 15) is 9.59 Å². The van der Waals surface area contributed by atoms with Crippen molar-refractivity contribution in [1.82, 2.24) is 4.90 Å². The average molecular weight is 360 g/mol. The molecule has 26 heavy (non-hydrogen) atoms. The molecule has 144 valence electrons. The lowest BCUT2D eigenvalue weighted by atomic mass is 10.1. The van der Waals surface area contributed by atoms with Crippen LogP contribution in [0, 0.1) is 17.8 Å². The Hall–Kier alpha value is -2.04. The maximum absolute atomic E-state index is 12.7. The van der Waals surface area contributed by atoms with E-state index in [1.165, 1.54) is 0 Å². The van der Waals surface area contributed by atoms with Crippen LogP contribution in [0.2, 0.25) is 0 Å². The molecule has 0 heterocycles. The molecule has 0 atom stereocenters. The average Bonchev–Trinajstić information content (AvgIpc) is 3.37. The smallest absolute Gasteiger partial charge is 0.226 e. The van der Waals surface area contributed by atoms with Crippen molar-refractivity contribution < 1.29 is 9.59 Å². The van der Waals surface area contributed by atoms with Crippen LogP contribution >= 0.6 is 0 Å². The van der Waals surface area contributed by atoms with Crippen LogP contribution < -0.4 is 10.2 Å². The highest BCUT2D eigenvalue weighted by Gasteiger charge is 2.33. The monoisotopic (exact) mass is 359 g/mol. The van der Waals surface area contributed by atoms with Gasteiger partial charge in [0.25, 0.3) is 0 Å². The molecule has 1 aliphatic carbocycles. The second kappa shape index (κ2) is 8.56. The van der Waals surface area contributed by atoms with Gasteiger partial charge < -0.3 is 15.1 Å². The minimum atomic E-state index is -0.0686. The van der Waals surface area contributed by atoms with Gasteiger partial charge in [0, 0.05) is 50.4 Å². The number of nitrogens with one attached hydrogen (secondary N) is 1. The second-order valence-electron chi connectivity index (χ2n) is 8.27. The molecule has 5 nitrogen and oxygen atoms in total. The summed E-state index contributed by atoms with van der Waals surface area (Å²) in [5.41, 5.74) is 2.92. The molecule has 0 aromatic heterocycles. The molecule has 1 fully saturated rings. The Morgan fingerprint density at radius 2 is 1.81 bits per heavy atom. The Labute approximate surface area is 157 Å². The molecule has 2 rings (SSSR count). The quantitative estimate of drug-likeness (QED) is 0.769. The Morgan fingerprint density at radius 3 is 2.31 bits per heavy atom. The van der Waals surface area contributed by atoms with Crippen LogP contribution in [0.15, 0.2) is 18.2 Å². The minimum Gasteiger partial charge on any atom is -0.377 e. The highest BCUT2D eigenvalue weighted by Crippen LogP contribution is 2.33. The molecule has 0 saturated heterocycles. The molecule has 0 radical (unpaired) electrons. The Bertz CT molecular complexity index is 649. The van der Waals surface area contributed by atoms with Crippen LogP contribution in [0.25, 0.3) is 0 Å². The fourth-order valence-electron chi connectivity index (χ4n) is 2.98. The fourth-order valence-corrected chi connectivity index (χ4v) is 2.98. The third-order valence-corrected chi connectivity index (χ3v) is 4.54. The van der Waals surface area contributed by atoms with Crippen LogP contribution in [-0.2, 0) is 16.1 Å². The second-order valence-corrected chi connectivity index (χ2v) is 8.27. The molecule has 1 aromatic rings. The van der Waals surface area contributed by atoms with E-state index in [0.717, 1.165) is 36.3 Å². The van der Waals surface area contributed by atoms with Gasteiger partial charge >= 0.3 is 0 Å². The van der Waals surface area contributed by atoms with E-state index in [1.54, 1.807) is 0 Å². The summed E-state index contributed by atoms with van der Waals surface area (Å²) < 4.78 is 0. The number of amides is 2. The number of hydrogen-bond donors (Lipinski definition) is 1. The standard InChI is InChI=1S/C21H33N3O2/c1-14(2)12-24(21(26)16-7-8-16)13-17-11-18(22-20(25)15(3)4)9-10-19(17)23(5)6/h9-11,14-16H,7-8,12-13H2,1-6H3,(H,22,25). The largest absolute Gasteiger partial charge is 0.377 e. The van der Waals surface area contributed by atoms with Crippen molar-refractivity contribution in [1.29, 1.82) is 0 Å². The summed E-state index contributed by atoms with van der Waals surface area (Å²) in [4.78, 5) is 28.8. The summed E-state index contributed by atoms with van der Waals surface area (Å²) in [5, 5.41) is 2.97. The molecule has 1 saturated carbocycles. The van der Waals surface area contributed by atoms with E-state index in [0.29, 0.717) is 12.5 Å². The van der Waals surface area contributed by atoms with E-state index in [1.807, 2.05) is 51.0 Å². The van der Waals surface area contributed by atoms with Crippen molar-refractivity contribution in [3.8, 4) is 0 Å². The molecule has 0 aliphatic heterocycles. The third-order valence-electron chi connectivity index (χ3n) is 4.54. The van der Waals surface area contributed by atoms with E-state index < -0.39 is 0 Å². The molecular weight excluding hydrogens is 326 g/mol. The molecule has 1 aromatic carbocycles. The molecule has 0 unspecified atom stereocenters. The number of rotatable bonds is 8. The first kappa shape index (κ1) is 20.3. The molecule has 0 bridgehead atoms. The van der Waals surface area contributed by atoms with Gasteiger partial charge in [0.1, 0.15) is 0 Å². The van der Waals surface area contributed by atoms with Crippen LogP contribution in [0.3, 0.4) is 0 Å². The van der Waals surface area contributed by atoms with Gasteiger partial charge in [-0.1, -0.05) is 27.7 Å². The number of hydrogen-bond acceptors (Lipinski definition) is 3. The van der Waals surface area contributed by atoms with E-state index in [-0.39, 0.29) is 23.7 Å². The van der Waals surface area contributed by atoms with Gasteiger partial charge in [-0.2, -0.15) is 0 Å². The number of nitrogens with zero attached hydrogens (tertiary/aromatic N) is 2. The van der Waals surface area contributed by atoms with Gasteiger partial charge in [-0.05, 0) is 42.5 Å². The number of carbonyl (C=O) groups excluding carboxylic acids is 2. The minimum absolute atomic E-state index is 0.00152. The van der Waals surface area contributed by atoms with Crippen LogP contribution in [-0.4, -0.2) is 37.4 Å². The highest BCUT2D eigenvalue weighted by atomic mass is 16.2. The SMILES string of the molecule is CC(C)CN(Cc1cc(NC(=O)C(C)C)ccc1N(C)C)C(=O)C1CC1. The number of benzene rings is 1. The zero-order valence-corrected chi connectivity index (χ0v) is 17.0. The molecule has 2 amide bonds. The molecular formula is C21H33N3O2. The van der Waals surface area contributed by atoms with Gasteiger partial charge in [-0.25, -0.2) is 0 Å². The summed E-state index contributed by atoms with van der Waals surface area (Å²) in [7, 11) is 4.00. The van der Waals surface area contributed by atoms with E-state index in [4.69, 9.17) is 0 Å².